The van der Waals surface area contributed by atoms with Crippen LogP contribution in [0.1, 0.15) is 57.8 Å². The molecule has 3 unspecified atom stereocenters. The van der Waals surface area contributed by atoms with Crippen LogP contribution in [0.15, 0.2) is 0 Å². The molecule has 1 spiro atoms. The molecule has 2 radical (unpaired) electrons. The summed E-state index contributed by atoms with van der Waals surface area (Å²) in [7, 11) is 6.12. The van der Waals surface area contributed by atoms with Gasteiger partial charge in [0, 0.05) is 11.4 Å². The predicted molar refractivity (Wildman–Crippen MR) is 71.5 cm³/mol. The molecule has 1 saturated heterocycles. The molecule has 2 N–H and O–H groups in total. The maximum atomic E-state index is 10.4. The third-order valence-electron chi connectivity index (χ3n) is 4.79. The molecule has 2 rings (SSSR count). The van der Waals surface area contributed by atoms with E-state index in [4.69, 9.17) is 12.6 Å². The van der Waals surface area contributed by atoms with Crippen molar-refractivity contribution >= 4 is 7.85 Å². The van der Waals surface area contributed by atoms with Gasteiger partial charge in [-0.05, 0) is 12.8 Å². The molecule has 1 aliphatic heterocycles. The number of hydrogen-bond acceptors (Lipinski definition) is 3. The van der Waals surface area contributed by atoms with Crippen molar-refractivity contribution in [2.45, 2.75) is 76.0 Å². The summed E-state index contributed by atoms with van der Waals surface area (Å²) in [5.74, 6) is 0. The highest BCUT2D eigenvalue weighted by Crippen LogP contribution is 2.46. The molecule has 3 nitrogen and oxygen atoms in total. The molecule has 0 aromatic heterocycles. The Morgan fingerprint density at radius 3 is 1.94 bits per heavy atom. The zero-order valence-electron chi connectivity index (χ0n) is 11.2. The zero-order chi connectivity index (χ0) is 13.0. The second kappa shape index (κ2) is 6.40. The largest absolute Gasteiger partial charge is 0.394 e. The minimum Gasteiger partial charge on any atom is -0.394 e. The summed E-state index contributed by atoms with van der Waals surface area (Å²) in [4.78, 5) is 0. The van der Waals surface area contributed by atoms with Crippen LogP contribution in [0, 0.1) is 5.41 Å². The molecular weight excluding hydrogens is 227 g/mol. The average molecular weight is 252 g/mol. The van der Waals surface area contributed by atoms with Crippen LogP contribution < -0.4 is 0 Å². The first-order valence-electron chi connectivity index (χ1n) is 7.41. The van der Waals surface area contributed by atoms with Crippen LogP contribution in [0.3, 0.4) is 0 Å². The molecule has 1 aliphatic carbocycles. The lowest BCUT2D eigenvalue weighted by Gasteiger charge is -2.36. The normalized spacial score (nSPS) is 37.8. The van der Waals surface area contributed by atoms with E-state index in [1.165, 1.54) is 32.1 Å². The number of ether oxygens (including phenoxy) is 1. The lowest BCUT2D eigenvalue weighted by molar-refractivity contribution is -0.0112. The second-order valence-electron chi connectivity index (χ2n) is 5.93. The van der Waals surface area contributed by atoms with Gasteiger partial charge in [-0.15, -0.1) is 0 Å². The topological polar surface area (TPSA) is 49.7 Å². The molecule has 3 atom stereocenters. The minimum atomic E-state index is -0.614. The summed E-state index contributed by atoms with van der Waals surface area (Å²) in [6, 6.07) is -0.427. The van der Waals surface area contributed by atoms with Gasteiger partial charge in [-0.1, -0.05) is 44.9 Å². The first-order chi connectivity index (χ1) is 8.70. The van der Waals surface area contributed by atoms with Gasteiger partial charge in [0.05, 0.1) is 12.7 Å². The Hall–Kier alpha value is -0.0551. The summed E-state index contributed by atoms with van der Waals surface area (Å²) in [6.07, 6.45) is 9.26. The van der Waals surface area contributed by atoms with Crippen molar-refractivity contribution in [3.8, 4) is 0 Å². The second-order valence-corrected chi connectivity index (χ2v) is 5.93. The molecule has 0 aromatic rings. The Bertz CT molecular complexity index is 249. The van der Waals surface area contributed by atoms with E-state index in [0.29, 0.717) is 0 Å². The van der Waals surface area contributed by atoms with Gasteiger partial charge in [0.2, 0.25) is 0 Å². The van der Waals surface area contributed by atoms with Crippen molar-refractivity contribution < 1.29 is 14.9 Å². The van der Waals surface area contributed by atoms with Gasteiger partial charge in [0.15, 0.2) is 0 Å². The van der Waals surface area contributed by atoms with E-state index in [9.17, 15) is 10.2 Å². The monoisotopic (exact) mass is 252 g/mol. The standard InChI is InChI=1S/C14H25BO3/c15-13-14(12(17)11(10-16)18-13)8-6-4-2-1-3-5-7-9-14/h11-13,16-17H,1-10H2. The van der Waals surface area contributed by atoms with Gasteiger partial charge in [0.1, 0.15) is 14.0 Å². The van der Waals surface area contributed by atoms with Gasteiger partial charge in [-0.3, -0.25) is 0 Å². The van der Waals surface area contributed by atoms with Crippen molar-refractivity contribution in [3.05, 3.63) is 0 Å². The van der Waals surface area contributed by atoms with Crippen molar-refractivity contribution in [1.82, 2.24) is 0 Å². The van der Waals surface area contributed by atoms with E-state index in [0.717, 1.165) is 25.7 Å². The first kappa shape index (κ1) is 14.4. The van der Waals surface area contributed by atoms with Gasteiger partial charge in [0.25, 0.3) is 0 Å². The Labute approximate surface area is 111 Å². The third kappa shape index (κ3) is 2.76. The van der Waals surface area contributed by atoms with Crippen LogP contribution in [0.25, 0.3) is 0 Å². The molecule has 0 aromatic carbocycles. The number of hydrogen-bond donors (Lipinski definition) is 2. The fraction of sp³-hybridized carbons (Fsp3) is 1.00. The number of rotatable bonds is 1. The molecule has 102 valence electrons. The third-order valence-corrected chi connectivity index (χ3v) is 4.79. The van der Waals surface area contributed by atoms with Crippen LogP contribution in [-0.4, -0.2) is 42.9 Å². The van der Waals surface area contributed by atoms with Gasteiger partial charge in [-0.25, -0.2) is 0 Å². The summed E-state index contributed by atoms with van der Waals surface area (Å²) in [5, 5.41) is 19.7. The van der Waals surface area contributed by atoms with Gasteiger partial charge < -0.3 is 14.9 Å². The molecule has 1 heterocycles. The van der Waals surface area contributed by atoms with E-state index in [2.05, 4.69) is 0 Å². The van der Waals surface area contributed by atoms with Crippen molar-refractivity contribution in [3.63, 3.8) is 0 Å². The lowest BCUT2D eigenvalue weighted by atomic mass is 9.64. The SMILES string of the molecule is [B]C1OC(CO)C(O)C12CCCCCCCCC2. The highest BCUT2D eigenvalue weighted by molar-refractivity contribution is 6.11. The molecule has 2 fully saturated rings. The average Bonchev–Trinajstić information content (AvgIpc) is 2.62. The van der Waals surface area contributed by atoms with Crippen molar-refractivity contribution in [1.29, 1.82) is 0 Å². The Morgan fingerprint density at radius 2 is 1.50 bits per heavy atom. The minimum absolute atomic E-state index is 0.142. The number of aliphatic hydroxyl groups is 2. The Kier molecular flexibility index (Phi) is 5.10. The summed E-state index contributed by atoms with van der Waals surface area (Å²) in [5.41, 5.74) is -0.329. The smallest absolute Gasteiger partial charge is 0.109 e. The van der Waals surface area contributed by atoms with Crippen LogP contribution in [-0.2, 0) is 4.74 Å². The van der Waals surface area contributed by atoms with Crippen LogP contribution in [0.4, 0.5) is 0 Å². The van der Waals surface area contributed by atoms with Crippen molar-refractivity contribution in [2.75, 3.05) is 6.61 Å². The summed E-state index contributed by atoms with van der Waals surface area (Å²) >= 11 is 0. The van der Waals surface area contributed by atoms with Crippen LogP contribution in [0.5, 0.6) is 0 Å². The summed E-state index contributed by atoms with van der Waals surface area (Å²) in [6.45, 7) is -0.142. The number of aliphatic hydroxyl groups excluding tert-OH is 2. The van der Waals surface area contributed by atoms with E-state index in [1.807, 2.05) is 0 Å². The van der Waals surface area contributed by atoms with E-state index < -0.39 is 18.2 Å². The molecule has 18 heavy (non-hydrogen) atoms. The maximum absolute atomic E-state index is 10.4. The van der Waals surface area contributed by atoms with Crippen LogP contribution in [0.2, 0.25) is 0 Å². The summed E-state index contributed by atoms with van der Waals surface area (Å²) < 4.78 is 5.56. The van der Waals surface area contributed by atoms with E-state index in [1.54, 1.807) is 0 Å². The molecule has 4 heteroatoms. The fourth-order valence-electron chi connectivity index (χ4n) is 3.58. The molecule has 0 amide bonds. The molecular formula is C14H25BO3. The molecule has 1 saturated carbocycles. The van der Waals surface area contributed by atoms with Gasteiger partial charge in [-0.2, -0.15) is 0 Å². The maximum Gasteiger partial charge on any atom is 0.109 e. The zero-order valence-corrected chi connectivity index (χ0v) is 11.2. The lowest BCUT2D eigenvalue weighted by Crippen LogP contribution is -2.42. The van der Waals surface area contributed by atoms with Crippen molar-refractivity contribution in [2.24, 2.45) is 5.41 Å². The highest BCUT2D eigenvalue weighted by Gasteiger charge is 2.52. The molecule has 0 bridgehead atoms. The van der Waals surface area contributed by atoms with E-state index >= 15 is 0 Å². The van der Waals surface area contributed by atoms with E-state index in [-0.39, 0.29) is 12.0 Å². The Morgan fingerprint density at radius 1 is 1.00 bits per heavy atom. The Balaban J connectivity index is 2.08. The quantitative estimate of drug-likeness (QED) is 0.699. The predicted octanol–water partition coefficient (Wildman–Crippen LogP) is 1.74. The fourth-order valence-corrected chi connectivity index (χ4v) is 3.58. The van der Waals surface area contributed by atoms with Gasteiger partial charge >= 0.3 is 0 Å². The first-order valence-corrected chi connectivity index (χ1v) is 7.41. The molecule has 2 aliphatic rings. The van der Waals surface area contributed by atoms with Crippen LogP contribution >= 0.6 is 0 Å². The highest BCUT2D eigenvalue weighted by atomic mass is 16.5.